The molecular formula is C18H12BrClN2O5. The average molecular weight is 452 g/mol. The molecule has 7 nitrogen and oxygen atoms in total. The summed E-state index contributed by atoms with van der Waals surface area (Å²) >= 11 is 9.24. The zero-order chi connectivity index (χ0) is 19.6. The third-order valence-electron chi connectivity index (χ3n) is 3.57. The Labute approximate surface area is 167 Å². The van der Waals surface area contributed by atoms with Crippen molar-refractivity contribution in [2.75, 3.05) is 11.5 Å². The van der Waals surface area contributed by atoms with Gasteiger partial charge in [0.2, 0.25) is 0 Å². The SMILES string of the molecule is O=C(O)COc1ccc(Br)cc1/C=C1/NC(=O)N(c2cccc(Cl)c2)C1=O. The number of hydrogen-bond acceptors (Lipinski definition) is 4. The molecule has 0 radical (unpaired) electrons. The first-order valence-electron chi connectivity index (χ1n) is 7.62. The van der Waals surface area contributed by atoms with Gasteiger partial charge in [-0.1, -0.05) is 33.6 Å². The van der Waals surface area contributed by atoms with Gasteiger partial charge in [0.05, 0.1) is 5.69 Å². The molecule has 1 aliphatic heterocycles. The first-order chi connectivity index (χ1) is 12.8. The van der Waals surface area contributed by atoms with E-state index in [1.165, 1.54) is 12.1 Å². The maximum atomic E-state index is 12.7. The lowest BCUT2D eigenvalue weighted by atomic mass is 10.1. The van der Waals surface area contributed by atoms with E-state index in [2.05, 4.69) is 21.2 Å². The van der Waals surface area contributed by atoms with Crippen LogP contribution in [0.3, 0.4) is 0 Å². The molecule has 0 atom stereocenters. The van der Waals surface area contributed by atoms with Gasteiger partial charge in [0.25, 0.3) is 5.91 Å². The number of aliphatic carboxylic acids is 1. The number of urea groups is 1. The number of carbonyl (C=O) groups is 3. The third kappa shape index (κ3) is 4.29. The average Bonchev–Trinajstić information content (AvgIpc) is 2.87. The van der Waals surface area contributed by atoms with Gasteiger partial charge in [0, 0.05) is 15.1 Å². The molecule has 2 aromatic carbocycles. The number of carboxylic acid groups (broad SMARTS) is 1. The number of nitrogens with one attached hydrogen (secondary N) is 1. The first kappa shape index (κ1) is 18.9. The molecule has 0 aromatic heterocycles. The van der Waals surface area contributed by atoms with Crippen molar-refractivity contribution in [2.24, 2.45) is 0 Å². The Kier molecular flexibility index (Phi) is 5.48. The number of imide groups is 1. The van der Waals surface area contributed by atoms with E-state index in [0.29, 0.717) is 20.7 Å². The quantitative estimate of drug-likeness (QED) is 0.534. The minimum atomic E-state index is -1.13. The molecule has 0 bridgehead atoms. The largest absolute Gasteiger partial charge is 0.481 e. The summed E-state index contributed by atoms with van der Waals surface area (Å²) in [6.07, 6.45) is 1.42. The third-order valence-corrected chi connectivity index (χ3v) is 4.30. The minimum absolute atomic E-state index is 0.0262. The number of carbonyl (C=O) groups excluding carboxylic acids is 2. The second-order valence-corrected chi connectivity index (χ2v) is 6.83. The van der Waals surface area contributed by atoms with E-state index in [9.17, 15) is 14.4 Å². The lowest BCUT2D eigenvalue weighted by Crippen LogP contribution is -2.30. The fraction of sp³-hybridized carbons (Fsp3) is 0.0556. The summed E-state index contributed by atoms with van der Waals surface area (Å²) in [7, 11) is 0. The monoisotopic (exact) mass is 450 g/mol. The highest BCUT2D eigenvalue weighted by atomic mass is 79.9. The second-order valence-electron chi connectivity index (χ2n) is 5.47. The molecule has 3 rings (SSSR count). The predicted octanol–water partition coefficient (Wildman–Crippen LogP) is 3.66. The number of nitrogens with zero attached hydrogens (tertiary/aromatic N) is 1. The number of anilines is 1. The second kappa shape index (κ2) is 7.81. The van der Waals surface area contributed by atoms with Gasteiger partial charge in [0.15, 0.2) is 6.61 Å². The first-order valence-corrected chi connectivity index (χ1v) is 8.79. The molecule has 1 aliphatic rings. The van der Waals surface area contributed by atoms with Crippen LogP contribution in [0.2, 0.25) is 5.02 Å². The molecule has 0 spiro atoms. The Morgan fingerprint density at radius 2 is 2.04 bits per heavy atom. The Morgan fingerprint density at radius 3 is 2.74 bits per heavy atom. The number of benzene rings is 2. The Balaban J connectivity index is 1.94. The van der Waals surface area contributed by atoms with E-state index in [-0.39, 0.29) is 11.4 Å². The summed E-state index contributed by atoms with van der Waals surface area (Å²) in [6, 6.07) is 10.6. The fourth-order valence-corrected chi connectivity index (χ4v) is 3.01. The number of carboxylic acids is 1. The highest BCUT2D eigenvalue weighted by molar-refractivity contribution is 9.10. The Bertz CT molecular complexity index is 976. The van der Waals surface area contributed by atoms with Gasteiger partial charge in [0.1, 0.15) is 11.4 Å². The van der Waals surface area contributed by atoms with Crippen molar-refractivity contribution in [3.05, 3.63) is 63.2 Å². The standard InChI is InChI=1S/C18H12BrClN2O5/c19-11-4-5-15(27-9-16(23)24)10(6-11)7-14-17(25)22(18(26)21-14)13-3-1-2-12(20)8-13/h1-8H,9H2,(H,21,26)(H,23,24)/b14-7+. The van der Waals surface area contributed by atoms with Crippen molar-refractivity contribution in [2.45, 2.75) is 0 Å². The van der Waals surface area contributed by atoms with E-state index < -0.39 is 24.5 Å². The molecule has 1 saturated heterocycles. The van der Waals surface area contributed by atoms with E-state index in [0.717, 1.165) is 4.90 Å². The van der Waals surface area contributed by atoms with E-state index >= 15 is 0 Å². The maximum absolute atomic E-state index is 12.7. The van der Waals surface area contributed by atoms with E-state index in [1.807, 2.05) is 0 Å². The van der Waals surface area contributed by atoms with Crippen LogP contribution >= 0.6 is 27.5 Å². The van der Waals surface area contributed by atoms with Gasteiger partial charge < -0.3 is 15.2 Å². The maximum Gasteiger partial charge on any atom is 0.341 e. The normalized spacial score (nSPS) is 15.2. The minimum Gasteiger partial charge on any atom is -0.481 e. The Morgan fingerprint density at radius 1 is 1.26 bits per heavy atom. The molecule has 9 heteroatoms. The zero-order valence-corrected chi connectivity index (χ0v) is 16.0. The molecule has 0 unspecified atom stereocenters. The topological polar surface area (TPSA) is 95.9 Å². The highest BCUT2D eigenvalue weighted by Crippen LogP contribution is 2.28. The zero-order valence-electron chi connectivity index (χ0n) is 13.6. The van der Waals surface area contributed by atoms with Crippen LogP contribution in [0.15, 0.2) is 52.6 Å². The van der Waals surface area contributed by atoms with Crippen LogP contribution < -0.4 is 15.0 Å². The number of hydrogen-bond donors (Lipinski definition) is 2. The van der Waals surface area contributed by atoms with Crippen molar-refractivity contribution in [1.29, 1.82) is 0 Å². The number of ether oxygens (including phenoxy) is 1. The Hall–Kier alpha value is -2.84. The number of amides is 3. The summed E-state index contributed by atoms with van der Waals surface area (Å²) in [4.78, 5) is 36.6. The molecule has 0 aliphatic carbocycles. The van der Waals surface area contributed by atoms with Crippen LogP contribution in [-0.4, -0.2) is 29.6 Å². The molecule has 2 N–H and O–H groups in total. The summed E-state index contributed by atoms with van der Waals surface area (Å²) in [6.45, 7) is -0.535. The number of rotatable bonds is 5. The van der Waals surface area contributed by atoms with Gasteiger partial charge in [-0.3, -0.25) is 4.79 Å². The summed E-state index contributed by atoms with van der Waals surface area (Å²) < 4.78 is 5.93. The molecule has 27 heavy (non-hydrogen) atoms. The van der Waals surface area contributed by atoms with E-state index in [1.54, 1.807) is 36.4 Å². The van der Waals surface area contributed by atoms with Crippen molar-refractivity contribution in [1.82, 2.24) is 5.32 Å². The molecule has 0 saturated carbocycles. The van der Waals surface area contributed by atoms with Crippen LogP contribution in [-0.2, 0) is 9.59 Å². The van der Waals surface area contributed by atoms with Crippen LogP contribution in [0.4, 0.5) is 10.5 Å². The van der Waals surface area contributed by atoms with Crippen molar-refractivity contribution in [3.63, 3.8) is 0 Å². The fourth-order valence-electron chi connectivity index (χ4n) is 2.44. The molecule has 138 valence electrons. The van der Waals surface area contributed by atoms with Crippen molar-refractivity contribution in [3.8, 4) is 5.75 Å². The summed E-state index contributed by atoms with van der Waals surface area (Å²) in [5, 5.41) is 11.7. The van der Waals surface area contributed by atoms with Crippen LogP contribution in [0.25, 0.3) is 6.08 Å². The van der Waals surface area contributed by atoms with Gasteiger partial charge >= 0.3 is 12.0 Å². The molecule has 1 fully saturated rings. The lowest BCUT2D eigenvalue weighted by Gasteiger charge is -2.11. The lowest BCUT2D eigenvalue weighted by molar-refractivity contribution is -0.139. The van der Waals surface area contributed by atoms with Gasteiger partial charge in [-0.15, -0.1) is 0 Å². The van der Waals surface area contributed by atoms with Gasteiger partial charge in [-0.25, -0.2) is 14.5 Å². The van der Waals surface area contributed by atoms with Crippen LogP contribution in [0.1, 0.15) is 5.56 Å². The van der Waals surface area contributed by atoms with Crippen LogP contribution in [0, 0.1) is 0 Å². The highest BCUT2D eigenvalue weighted by Gasteiger charge is 2.35. The van der Waals surface area contributed by atoms with E-state index in [4.69, 9.17) is 21.4 Å². The van der Waals surface area contributed by atoms with Crippen LogP contribution in [0.5, 0.6) is 5.75 Å². The number of halogens is 2. The van der Waals surface area contributed by atoms with Crippen molar-refractivity contribution >= 4 is 57.2 Å². The van der Waals surface area contributed by atoms with Gasteiger partial charge in [-0.05, 0) is 42.5 Å². The molecule has 3 amide bonds. The molecule has 1 heterocycles. The molecule has 2 aromatic rings. The van der Waals surface area contributed by atoms with Gasteiger partial charge in [-0.2, -0.15) is 0 Å². The smallest absolute Gasteiger partial charge is 0.341 e. The summed E-state index contributed by atoms with van der Waals surface area (Å²) in [5.74, 6) is -1.43. The summed E-state index contributed by atoms with van der Waals surface area (Å²) in [5.41, 5.74) is 0.797. The van der Waals surface area contributed by atoms with Crippen molar-refractivity contribution < 1.29 is 24.2 Å². The predicted molar refractivity (Wildman–Crippen MR) is 103 cm³/mol. The molecular weight excluding hydrogens is 440 g/mol.